The number of pyridine rings is 1. The Bertz CT molecular complexity index is 909. The van der Waals surface area contributed by atoms with Crippen LogP contribution in [0.25, 0.3) is 0 Å². The maximum absolute atomic E-state index is 12.8. The quantitative estimate of drug-likeness (QED) is 0.762. The summed E-state index contributed by atoms with van der Waals surface area (Å²) in [7, 11) is -3.31. The molecule has 3 rings (SSSR count). The van der Waals surface area contributed by atoms with Crippen LogP contribution in [0.15, 0.2) is 47.4 Å². The second-order valence-electron chi connectivity index (χ2n) is 6.68. The number of rotatable bonds is 7. The van der Waals surface area contributed by atoms with Crippen molar-refractivity contribution in [3.05, 3.63) is 59.4 Å². The molecule has 0 bridgehead atoms. The van der Waals surface area contributed by atoms with Crippen LogP contribution in [0.2, 0.25) is 0 Å². The number of hydrogen-bond donors (Lipinski definition) is 1. The lowest BCUT2D eigenvalue weighted by Gasteiger charge is -2.20. The highest BCUT2D eigenvalue weighted by Gasteiger charge is 2.34. The maximum Gasteiger partial charge on any atom is 0.433 e. The monoisotopic (exact) mass is 398 g/mol. The highest BCUT2D eigenvalue weighted by Crippen LogP contribution is 2.41. The summed E-state index contributed by atoms with van der Waals surface area (Å²) in [6, 6.07) is 10.5. The van der Waals surface area contributed by atoms with Crippen LogP contribution in [-0.4, -0.2) is 19.2 Å². The van der Waals surface area contributed by atoms with Crippen molar-refractivity contribution in [2.45, 2.75) is 43.4 Å². The van der Waals surface area contributed by atoms with Gasteiger partial charge in [0.25, 0.3) is 0 Å². The molecule has 0 unspecified atom stereocenters. The summed E-state index contributed by atoms with van der Waals surface area (Å²) in [5.74, 6) is 0.363. The topological polar surface area (TPSA) is 59.1 Å². The van der Waals surface area contributed by atoms with Crippen molar-refractivity contribution in [1.82, 2.24) is 10.3 Å². The molecule has 4 nitrogen and oxygen atoms in total. The van der Waals surface area contributed by atoms with Crippen molar-refractivity contribution in [2.24, 2.45) is 5.92 Å². The van der Waals surface area contributed by atoms with Crippen molar-refractivity contribution in [3.63, 3.8) is 0 Å². The first-order valence-corrected chi connectivity index (χ1v) is 10.4. The van der Waals surface area contributed by atoms with E-state index in [0.717, 1.165) is 24.5 Å². The van der Waals surface area contributed by atoms with Gasteiger partial charge in [-0.2, -0.15) is 13.2 Å². The lowest BCUT2D eigenvalue weighted by molar-refractivity contribution is -0.141. The molecule has 27 heavy (non-hydrogen) atoms. The first-order chi connectivity index (χ1) is 12.7. The Morgan fingerprint density at radius 2 is 1.89 bits per heavy atom. The molecular formula is C19H21F3N2O2S. The van der Waals surface area contributed by atoms with E-state index in [2.05, 4.69) is 10.3 Å². The van der Waals surface area contributed by atoms with Gasteiger partial charge in [0.05, 0.1) is 16.3 Å². The van der Waals surface area contributed by atoms with Gasteiger partial charge in [0.15, 0.2) is 9.84 Å². The van der Waals surface area contributed by atoms with Crippen LogP contribution < -0.4 is 5.32 Å². The minimum Gasteiger partial charge on any atom is -0.304 e. The summed E-state index contributed by atoms with van der Waals surface area (Å²) < 4.78 is 62.7. The van der Waals surface area contributed by atoms with E-state index < -0.39 is 21.7 Å². The van der Waals surface area contributed by atoms with Crippen LogP contribution in [0.5, 0.6) is 0 Å². The highest BCUT2D eigenvalue weighted by atomic mass is 32.2. The minimum absolute atomic E-state index is 0.0200. The van der Waals surface area contributed by atoms with Gasteiger partial charge in [0.1, 0.15) is 5.69 Å². The Kier molecular flexibility index (Phi) is 5.58. The Labute approximate surface area is 156 Å². The van der Waals surface area contributed by atoms with Crippen molar-refractivity contribution in [2.75, 3.05) is 5.75 Å². The van der Waals surface area contributed by atoms with Crippen LogP contribution in [0.4, 0.5) is 13.2 Å². The second kappa shape index (κ2) is 7.59. The van der Waals surface area contributed by atoms with Crippen LogP contribution in [-0.2, 0) is 22.6 Å². The fourth-order valence-corrected chi connectivity index (χ4v) is 3.94. The molecule has 1 atom stereocenters. The minimum atomic E-state index is -4.48. The predicted octanol–water partition coefficient (Wildman–Crippen LogP) is 4.13. The van der Waals surface area contributed by atoms with Crippen molar-refractivity contribution in [1.29, 1.82) is 0 Å². The molecular weight excluding hydrogens is 377 g/mol. The number of aromatic nitrogens is 1. The van der Waals surface area contributed by atoms with Crippen LogP contribution >= 0.6 is 0 Å². The zero-order valence-electron chi connectivity index (χ0n) is 14.8. The molecule has 146 valence electrons. The van der Waals surface area contributed by atoms with Gasteiger partial charge in [-0.3, -0.25) is 0 Å². The average molecular weight is 398 g/mol. The van der Waals surface area contributed by atoms with Crippen LogP contribution in [0.3, 0.4) is 0 Å². The van der Waals surface area contributed by atoms with Crippen molar-refractivity contribution in [3.8, 4) is 0 Å². The predicted molar refractivity (Wildman–Crippen MR) is 95.7 cm³/mol. The maximum atomic E-state index is 12.8. The molecule has 2 aromatic rings. The van der Waals surface area contributed by atoms with Gasteiger partial charge in [-0.1, -0.05) is 25.1 Å². The van der Waals surface area contributed by atoms with Crippen LogP contribution in [0, 0.1) is 5.92 Å². The van der Waals surface area contributed by atoms with E-state index in [1.165, 1.54) is 6.07 Å². The Balaban J connectivity index is 1.79. The summed E-state index contributed by atoms with van der Waals surface area (Å²) in [4.78, 5) is 3.95. The molecule has 1 heterocycles. The number of nitrogens with one attached hydrogen (secondary N) is 1. The Morgan fingerprint density at radius 1 is 1.19 bits per heavy atom. The lowest BCUT2D eigenvalue weighted by Crippen LogP contribution is -2.24. The van der Waals surface area contributed by atoms with Crippen molar-refractivity contribution < 1.29 is 21.6 Å². The first-order valence-electron chi connectivity index (χ1n) is 8.80. The number of sulfone groups is 1. The third kappa shape index (κ3) is 4.87. The summed E-state index contributed by atoms with van der Waals surface area (Å²) in [5, 5.41) is 3.26. The second-order valence-corrected chi connectivity index (χ2v) is 8.96. The first kappa shape index (κ1) is 19.8. The lowest BCUT2D eigenvalue weighted by atomic mass is 10.0. The van der Waals surface area contributed by atoms with Gasteiger partial charge in [-0.25, -0.2) is 13.4 Å². The zero-order valence-corrected chi connectivity index (χ0v) is 15.6. The molecule has 1 aliphatic rings. The summed E-state index contributed by atoms with van der Waals surface area (Å²) >= 11 is 0. The molecule has 0 saturated heterocycles. The van der Waals surface area contributed by atoms with E-state index >= 15 is 0 Å². The van der Waals surface area contributed by atoms with Crippen LogP contribution in [0.1, 0.15) is 42.8 Å². The van der Waals surface area contributed by atoms with Crippen molar-refractivity contribution >= 4 is 9.84 Å². The van der Waals surface area contributed by atoms with Gasteiger partial charge >= 0.3 is 6.18 Å². The molecule has 1 N–H and O–H groups in total. The molecule has 8 heteroatoms. The Hall–Kier alpha value is -1.93. The zero-order chi connectivity index (χ0) is 19.7. The van der Waals surface area contributed by atoms with Gasteiger partial charge < -0.3 is 5.32 Å². The van der Waals surface area contributed by atoms with E-state index in [1.54, 1.807) is 31.2 Å². The molecule has 1 saturated carbocycles. The highest BCUT2D eigenvalue weighted by molar-refractivity contribution is 7.91. The van der Waals surface area contributed by atoms with E-state index in [4.69, 9.17) is 0 Å². The third-order valence-corrected chi connectivity index (χ3v) is 6.38. The molecule has 1 aliphatic carbocycles. The fourth-order valence-electron chi connectivity index (χ4n) is 3.00. The average Bonchev–Trinajstić information content (AvgIpc) is 3.47. The molecule has 0 amide bonds. The Morgan fingerprint density at radius 3 is 2.52 bits per heavy atom. The number of halogens is 3. The van der Waals surface area contributed by atoms with Gasteiger partial charge in [-0.15, -0.1) is 0 Å². The standard InChI is InChI=1S/C19H21F3N2O2S/c1-2-27(25,26)16-7-3-5-14(11-16)18(13-9-10-13)23-12-15-6-4-8-17(24-15)19(20,21)22/h3-8,11,13,18,23H,2,9-10,12H2,1H3/t18-/m1/s1. The van der Waals surface area contributed by atoms with E-state index in [-0.39, 0.29) is 23.2 Å². The number of nitrogens with zero attached hydrogens (tertiary/aromatic N) is 1. The molecule has 0 aliphatic heterocycles. The number of hydrogen-bond acceptors (Lipinski definition) is 4. The number of alkyl halides is 3. The van der Waals surface area contributed by atoms with Gasteiger partial charge in [-0.05, 0) is 48.6 Å². The third-order valence-electron chi connectivity index (χ3n) is 4.65. The number of benzene rings is 1. The SMILES string of the molecule is CCS(=O)(=O)c1cccc([C@H](NCc2cccc(C(F)(F)F)n2)C2CC2)c1. The van der Waals surface area contributed by atoms with Gasteiger partial charge in [0.2, 0.25) is 0 Å². The largest absolute Gasteiger partial charge is 0.433 e. The molecule has 0 radical (unpaired) electrons. The summed E-state index contributed by atoms with van der Waals surface area (Å²) in [5.41, 5.74) is 0.215. The van der Waals surface area contributed by atoms with E-state index in [9.17, 15) is 21.6 Å². The molecule has 1 fully saturated rings. The summed E-state index contributed by atoms with van der Waals surface area (Å²) in [6.07, 6.45) is -2.48. The normalized spacial score (nSPS) is 16.3. The van der Waals surface area contributed by atoms with E-state index in [0.29, 0.717) is 11.6 Å². The molecule has 1 aromatic carbocycles. The smallest absolute Gasteiger partial charge is 0.304 e. The molecule has 0 spiro atoms. The molecule has 1 aromatic heterocycles. The summed E-state index contributed by atoms with van der Waals surface area (Å²) in [6.45, 7) is 1.77. The van der Waals surface area contributed by atoms with E-state index in [1.807, 2.05) is 6.07 Å². The fraction of sp³-hybridized carbons (Fsp3) is 0.421. The van der Waals surface area contributed by atoms with Gasteiger partial charge in [0, 0.05) is 12.6 Å².